The number of amides is 2. The van der Waals surface area contributed by atoms with Gasteiger partial charge < -0.3 is 9.47 Å². The number of halogens is 1. The Balaban J connectivity index is 1.59. The minimum absolute atomic E-state index is 0.343. The number of hydrogen-bond donors (Lipinski definition) is 1. The monoisotopic (exact) mass is 475 g/mol. The summed E-state index contributed by atoms with van der Waals surface area (Å²) >= 11 is 4.30. The van der Waals surface area contributed by atoms with Crippen LogP contribution in [-0.2, 0) is 4.79 Å². The summed E-state index contributed by atoms with van der Waals surface area (Å²) in [5.41, 5.74) is 2.01. The number of ether oxygens (including phenoxy) is 2. The van der Waals surface area contributed by atoms with E-state index in [0.717, 1.165) is 28.4 Å². The molecule has 3 rings (SSSR count). The van der Waals surface area contributed by atoms with Gasteiger partial charge in [-0.1, -0.05) is 41.9 Å². The average molecular weight is 476 g/mol. The van der Waals surface area contributed by atoms with E-state index in [1.807, 2.05) is 30.3 Å². The van der Waals surface area contributed by atoms with E-state index in [-0.39, 0.29) is 5.24 Å². The molecule has 0 bridgehead atoms. The Morgan fingerprint density at radius 1 is 1.10 bits per heavy atom. The lowest BCUT2D eigenvalue weighted by molar-refractivity contribution is -0.115. The molecular weight excluding hydrogens is 454 g/mol. The third kappa shape index (κ3) is 5.87. The average Bonchev–Trinajstić information content (AvgIpc) is 3.03. The molecule has 5 nitrogen and oxygen atoms in total. The van der Waals surface area contributed by atoms with E-state index in [4.69, 9.17) is 9.47 Å². The standard InChI is InChI=1S/C22H22BrNO4S/c1-3-14(2)15-4-7-18(8-5-15)27-10-11-28-19-9-6-17(23)12-16(19)13-20-21(25)24-22(26)29-20/h4-9,12-14H,3,10-11H2,1-2H3,(H,24,25,26)/b20-13-/t14-/m1/s1. The summed E-state index contributed by atoms with van der Waals surface area (Å²) < 4.78 is 12.5. The molecule has 0 unspecified atom stereocenters. The molecule has 1 fully saturated rings. The highest BCUT2D eigenvalue weighted by atomic mass is 79.9. The van der Waals surface area contributed by atoms with Crippen LogP contribution in [0.4, 0.5) is 4.79 Å². The minimum Gasteiger partial charge on any atom is -0.490 e. The van der Waals surface area contributed by atoms with Gasteiger partial charge >= 0.3 is 0 Å². The van der Waals surface area contributed by atoms with E-state index in [9.17, 15) is 9.59 Å². The molecule has 1 aliphatic rings. The van der Waals surface area contributed by atoms with E-state index in [1.165, 1.54) is 5.56 Å². The maximum atomic E-state index is 11.8. The Morgan fingerprint density at radius 3 is 2.48 bits per heavy atom. The molecule has 1 aliphatic heterocycles. The summed E-state index contributed by atoms with van der Waals surface area (Å²) in [6.07, 6.45) is 2.76. The smallest absolute Gasteiger partial charge is 0.290 e. The van der Waals surface area contributed by atoms with Crippen LogP contribution in [0.3, 0.4) is 0 Å². The number of carbonyl (C=O) groups excluding carboxylic acids is 2. The molecule has 29 heavy (non-hydrogen) atoms. The number of thioether (sulfide) groups is 1. The largest absolute Gasteiger partial charge is 0.490 e. The van der Waals surface area contributed by atoms with Gasteiger partial charge in [0.15, 0.2) is 0 Å². The van der Waals surface area contributed by atoms with Crippen molar-refractivity contribution in [2.45, 2.75) is 26.2 Å². The van der Waals surface area contributed by atoms with Gasteiger partial charge in [0, 0.05) is 10.0 Å². The van der Waals surface area contributed by atoms with Gasteiger partial charge in [0.1, 0.15) is 24.7 Å². The zero-order valence-corrected chi connectivity index (χ0v) is 18.6. The normalized spacial score (nSPS) is 16.0. The SMILES string of the molecule is CC[C@@H](C)c1ccc(OCCOc2ccc(Br)cc2/C=C2\SC(=O)NC2=O)cc1. The molecule has 2 aromatic rings. The number of carbonyl (C=O) groups is 2. The van der Waals surface area contributed by atoms with E-state index < -0.39 is 5.91 Å². The second-order valence-corrected chi connectivity index (χ2v) is 8.54. The van der Waals surface area contributed by atoms with Crippen LogP contribution < -0.4 is 14.8 Å². The summed E-state index contributed by atoms with van der Waals surface area (Å²) in [5, 5.41) is 1.88. The van der Waals surface area contributed by atoms with Crippen molar-refractivity contribution in [3.8, 4) is 11.5 Å². The van der Waals surface area contributed by atoms with Gasteiger partial charge in [0.25, 0.3) is 11.1 Å². The number of nitrogens with one attached hydrogen (secondary N) is 1. The predicted molar refractivity (Wildman–Crippen MR) is 119 cm³/mol. The first-order valence-electron chi connectivity index (χ1n) is 9.36. The van der Waals surface area contributed by atoms with Gasteiger partial charge in [-0.3, -0.25) is 14.9 Å². The molecule has 0 saturated carbocycles. The van der Waals surface area contributed by atoms with E-state index >= 15 is 0 Å². The molecule has 0 aromatic heterocycles. The zero-order valence-electron chi connectivity index (χ0n) is 16.2. The van der Waals surface area contributed by atoms with Crippen molar-refractivity contribution in [1.82, 2.24) is 5.32 Å². The van der Waals surface area contributed by atoms with Gasteiger partial charge in [-0.15, -0.1) is 0 Å². The first-order valence-corrected chi connectivity index (χ1v) is 11.0. The number of hydrogen-bond acceptors (Lipinski definition) is 5. The maximum absolute atomic E-state index is 11.8. The van der Waals surface area contributed by atoms with Crippen LogP contribution in [0.1, 0.15) is 37.3 Å². The second-order valence-electron chi connectivity index (χ2n) is 6.61. The minimum atomic E-state index is -0.393. The molecule has 1 N–H and O–H groups in total. The van der Waals surface area contributed by atoms with Crippen LogP contribution in [0.2, 0.25) is 0 Å². The Labute approximate surface area is 183 Å². The molecule has 7 heteroatoms. The second kappa shape index (κ2) is 9.98. The molecule has 1 heterocycles. The maximum Gasteiger partial charge on any atom is 0.290 e. The Hall–Kier alpha value is -2.25. The topological polar surface area (TPSA) is 64.6 Å². The molecule has 0 aliphatic carbocycles. The van der Waals surface area contributed by atoms with Crippen molar-refractivity contribution in [2.24, 2.45) is 0 Å². The van der Waals surface area contributed by atoms with Gasteiger partial charge in [0.2, 0.25) is 0 Å². The summed E-state index contributed by atoms with van der Waals surface area (Å²) in [4.78, 5) is 23.5. The van der Waals surface area contributed by atoms with Crippen LogP contribution >= 0.6 is 27.7 Å². The first-order chi connectivity index (χ1) is 14.0. The fourth-order valence-corrected chi connectivity index (χ4v) is 3.82. The molecule has 2 aromatic carbocycles. The number of imide groups is 1. The van der Waals surface area contributed by atoms with Gasteiger partial charge in [-0.05, 0) is 66.1 Å². The summed E-state index contributed by atoms with van der Waals surface area (Å²) in [6.45, 7) is 5.12. The quantitative estimate of drug-likeness (QED) is 0.389. The summed E-state index contributed by atoms with van der Waals surface area (Å²) in [5.74, 6) is 1.56. The molecule has 0 radical (unpaired) electrons. The van der Waals surface area contributed by atoms with Crippen molar-refractivity contribution < 1.29 is 19.1 Å². The van der Waals surface area contributed by atoms with Crippen LogP contribution in [0.5, 0.6) is 11.5 Å². The lowest BCUT2D eigenvalue weighted by Gasteiger charge is -2.12. The first kappa shape index (κ1) is 21.5. The van der Waals surface area contributed by atoms with Crippen LogP contribution in [0.15, 0.2) is 51.8 Å². The lowest BCUT2D eigenvalue weighted by Crippen LogP contribution is -2.17. The van der Waals surface area contributed by atoms with Crippen molar-refractivity contribution in [3.05, 3.63) is 63.0 Å². The highest BCUT2D eigenvalue weighted by molar-refractivity contribution is 9.10. The van der Waals surface area contributed by atoms with Crippen molar-refractivity contribution in [1.29, 1.82) is 0 Å². The van der Waals surface area contributed by atoms with E-state index in [0.29, 0.717) is 35.3 Å². The Bertz CT molecular complexity index is 927. The lowest BCUT2D eigenvalue weighted by atomic mass is 9.99. The highest BCUT2D eigenvalue weighted by Crippen LogP contribution is 2.31. The zero-order chi connectivity index (χ0) is 20.8. The van der Waals surface area contributed by atoms with Gasteiger partial charge in [-0.2, -0.15) is 0 Å². The van der Waals surface area contributed by atoms with Gasteiger partial charge in [-0.25, -0.2) is 0 Å². The fraction of sp³-hybridized carbons (Fsp3) is 0.273. The number of benzene rings is 2. The molecule has 1 saturated heterocycles. The van der Waals surface area contributed by atoms with E-state index in [2.05, 4.69) is 47.2 Å². The van der Waals surface area contributed by atoms with Crippen LogP contribution in [-0.4, -0.2) is 24.4 Å². The molecule has 152 valence electrons. The van der Waals surface area contributed by atoms with Crippen molar-refractivity contribution >= 4 is 44.9 Å². The molecule has 0 spiro atoms. The number of rotatable bonds is 8. The van der Waals surface area contributed by atoms with E-state index in [1.54, 1.807) is 6.08 Å². The molecule has 1 atom stereocenters. The third-order valence-electron chi connectivity index (χ3n) is 4.57. The molecular formula is C22H22BrNO4S. The Morgan fingerprint density at radius 2 is 1.83 bits per heavy atom. The van der Waals surface area contributed by atoms with Gasteiger partial charge in [0.05, 0.1) is 4.91 Å². The molecule has 2 amide bonds. The fourth-order valence-electron chi connectivity index (χ4n) is 2.77. The summed E-state index contributed by atoms with van der Waals surface area (Å²) in [6, 6.07) is 13.7. The van der Waals surface area contributed by atoms with Crippen LogP contribution in [0, 0.1) is 0 Å². The van der Waals surface area contributed by atoms with Crippen LogP contribution in [0.25, 0.3) is 6.08 Å². The van der Waals surface area contributed by atoms with Crippen molar-refractivity contribution in [3.63, 3.8) is 0 Å². The Kier molecular flexibility index (Phi) is 7.39. The highest BCUT2D eigenvalue weighted by Gasteiger charge is 2.25. The van der Waals surface area contributed by atoms with Crippen molar-refractivity contribution in [2.75, 3.05) is 13.2 Å². The predicted octanol–water partition coefficient (Wildman–Crippen LogP) is 5.74. The summed E-state index contributed by atoms with van der Waals surface area (Å²) in [7, 11) is 0. The third-order valence-corrected chi connectivity index (χ3v) is 5.88.